The predicted octanol–water partition coefficient (Wildman–Crippen LogP) is 6.08. The van der Waals surface area contributed by atoms with E-state index >= 15 is 0 Å². The molecule has 0 radical (unpaired) electrons. The number of hydrogen-bond donors (Lipinski definition) is 1. The minimum absolute atomic E-state index is 0.0383. The molecule has 1 aliphatic heterocycles. The van der Waals surface area contributed by atoms with Crippen molar-refractivity contribution in [2.45, 2.75) is 58.1 Å². The first kappa shape index (κ1) is 25.4. The Labute approximate surface area is 206 Å². The van der Waals surface area contributed by atoms with E-state index in [1.165, 1.54) is 0 Å². The van der Waals surface area contributed by atoms with Crippen molar-refractivity contribution in [1.82, 2.24) is 10.2 Å². The second-order valence-electron chi connectivity index (χ2n) is 9.70. The molecule has 3 atom stereocenters. The fraction of sp³-hybridized carbons (Fsp3) is 0.462. The molecule has 0 spiro atoms. The molecule has 7 heteroatoms. The van der Waals surface area contributed by atoms with Crippen molar-refractivity contribution in [2.75, 3.05) is 13.1 Å². The van der Waals surface area contributed by atoms with E-state index in [0.717, 1.165) is 17.5 Å². The summed E-state index contributed by atoms with van der Waals surface area (Å²) in [7, 11) is 0. The van der Waals surface area contributed by atoms with Crippen LogP contribution in [0.1, 0.15) is 51.2 Å². The van der Waals surface area contributed by atoms with Gasteiger partial charge in [0.25, 0.3) is 0 Å². The number of nitrogens with one attached hydrogen (secondary N) is 1. The molecule has 1 aliphatic rings. The van der Waals surface area contributed by atoms with Gasteiger partial charge in [-0.2, -0.15) is 0 Å². The Balaban J connectivity index is 1.68. The van der Waals surface area contributed by atoms with Gasteiger partial charge in [-0.15, -0.1) is 0 Å². The SMILES string of the molecule is C[C@@H](NC(=O)C1CCN(C(=O)OC(C)(C)C)C1)[C@H](Cc1ccc(Cl)cc1)c1ccc(Cl)cc1. The number of likely N-dealkylation sites (tertiary alicyclic amines) is 1. The Kier molecular flexibility index (Phi) is 8.30. The lowest BCUT2D eigenvalue weighted by atomic mass is 9.86. The summed E-state index contributed by atoms with van der Waals surface area (Å²) in [6.07, 6.45) is 1.00. The van der Waals surface area contributed by atoms with E-state index in [0.29, 0.717) is 29.6 Å². The zero-order valence-corrected chi connectivity index (χ0v) is 21.1. The molecule has 2 amide bonds. The van der Waals surface area contributed by atoms with Crippen LogP contribution in [0, 0.1) is 5.92 Å². The highest BCUT2D eigenvalue weighted by Gasteiger charge is 2.34. The maximum absolute atomic E-state index is 13.1. The summed E-state index contributed by atoms with van der Waals surface area (Å²) in [5.41, 5.74) is 1.68. The number of amides is 2. The first-order valence-electron chi connectivity index (χ1n) is 11.3. The van der Waals surface area contributed by atoms with E-state index in [9.17, 15) is 9.59 Å². The molecule has 5 nitrogen and oxygen atoms in total. The van der Waals surface area contributed by atoms with Crippen molar-refractivity contribution in [2.24, 2.45) is 5.92 Å². The molecular weight excluding hydrogens is 459 g/mol. The number of rotatable bonds is 6. The molecule has 3 rings (SSSR count). The normalized spacial score (nSPS) is 18.0. The molecule has 2 aromatic carbocycles. The number of carbonyl (C=O) groups excluding carboxylic acids is 2. The Hall–Kier alpha value is -2.24. The molecule has 0 bridgehead atoms. The van der Waals surface area contributed by atoms with Crippen LogP contribution in [0.15, 0.2) is 48.5 Å². The average molecular weight is 491 g/mol. The van der Waals surface area contributed by atoms with Gasteiger partial charge in [0.15, 0.2) is 0 Å². The van der Waals surface area contributed by atoms with E-state index in [-0.39, 0.29) is 29.9 Å². The van der Waals surface area contributed by atoms with Crippen LogP contribution in [0.3, 0.4) is 0 Å². The Morgan fingerprint density at radius 1 is 1.06 bits per heavy atom. The van der Waals surface area contributed by atoms with Crippen LogP contribution in [0.25, 0.3) is 0 Å². The van der Waals surface area contributed by atoms with Gasteiger partial charge in [0, 0.05) is 35.1 Å². The predicted molar refractivity (Wildman–Crippen MR) is 133 cm³/mol. The highest BCUT2D eigenvalue weighted by atomic mass is 35.5. The van der Waals surface area contributed by atoms with Gasteiger partial charge in [-0.3, -0.25) is 4.79 Å². The number of benzene rings is 2. The minimum atomic E-state index is -0.556. The van der Waals surface area contributed by atoms with Gasteiger partial charge in [0.2, 0.25) is 5.91 Å². The van der Waals surface area contributed by atoms with Crippen molar-refractivity contribution >= 4 is 35.2 Å². The molecule has 1 saturated heterocycles. The van der Waals surface area contributed by atoms with Crippen molar-refractivity contribution in [3.63, 3.8) is 0 Å². The molecule has 178 valence electrons. The molecule has 0 aliphatic carbocycles. The van der Waals surface area contributed by atoms with Gasteiger partial charge in [0.05, 0.1) is 5.92 Å². The lowest BCUT2D eigenvalue weighted by Gasteiger charge is -2.27. The minimum Gasteiger partial charge on any atom is -0.444 e. The van der Waals surface area contributed by atoms with Crippen LogP contribution in [0.4, 0.5) is 4.79 Å². The summed E-state index contributed by atoms with van der Waals surface area (Å²) >= 11 is 12.1. The van der Waals surface area contributed by atoms with Gasteiger partial charge in [-0.25, -0.2) is 4.79 Å². The third kappa shape index (κ3) is 7.38. The van der Waals surface area contributed by atoms with Crippen molar-refractivity contribution in [1.29, 1.82) is 0 Å². The average Bonchev–Trinajstić information content (AvgIpc) is 3.23. The van der Waals surface area contributed by atoms with E-state index in [1.807, 2.05) is 76.2 Å². The second-order valence-corrected chi connectivity index (χ2v) is 10.6. The number of nitrogens with zero attached hydrogens (tertiary/aromatic N) is 1. The molecule has 1 N–H and O–H groups in total. The summed E-state index contributed by atoms with van der Waals surface area (Å²) in [4.78, 5) is 27.0. The number of halogens is 2. The molecule has 2 aromatic rings. The second kappa shape index (κ2) is 10.8. The zero-order chi connectivity index (χ0) is 24.2. The number of carbonyl (C=O) groups is 2. The van der Waals surface area contributed by atoms with Gasteiger partial charge in [0.1, 0.15) is 5.60 Å². The lowest BCUT2D eigenvalue weighted by molar-refractivity contribution is -0.125. The highest BCUT2D eigenvalue weighted by Crippen LogP contribution is 2.28. The van der Waals surface area contributed by atoms with Crippen molar-refractivity contribution < 1.29 is 14.3 Å². The Morgan fingerprint density at radius 3 is 2.21 bits per heavy atom. The number of hydrogen-bond acceptors (Lipinski definition) is 3. The quantitative estimate of drug-likeness (QED) is 0.533. The Bertz CT molecular complexity index is 955. The molecule has 0 saturated carbocycles. The molecule has 33 heavy (non-hydrogen) atoms. The first-order chi connectivity index (χ1) is 15.5. The summed E-state index contributed by atoms with van der Waals surface area (Å²) in [5, 5.41) is 4.57. The van der Waals surface area contributed by atoms with Gasteiger partial charge >= 0.3 is 6.09 Å². The monoisotopic (exact) mass is 490 g/mol. The third-order valence-electron chi connectivity index (χ3n) is 5.85. The highest BCUT2D eigenvalue weighted by molar-refractivity contribution is 6.30. The summed E-state index contributed by atoms with van der Waals surface area (Å²) in [5.74, 6) is -0.235. The molecule has 1 fully saturated rings. The fourth-order valence-electron chi connectivity index (χ4n) is 4.08. The number of ether oxygens (including phenoxy) is 1. The van der Waals surface area contributed by atoms with E-state index in [1.54, 1.807) is 4.90 Å². The standard InChI is InChI=1S/C26H32Cl2N2O3/c1-17(29-24(31)20-13-14-30(16-20)25(32)33-26(2,3)4)23(19-7-11-22(28)12-8-19)15-18-5-9-21(27)10-6-18/h5-12,17,20,23H,13-16H2,1-4H3,(H,29,31)/t17-,20?,23+/m1/s1. The van der Waals surface area contributed by atoms with Crippen LogP contribution in [0.5, 0.6) is 0 Å². The summed E-state index contributed by atoms with van der Waals surface area (Å²) < 4.78 is 5.45. The van der Waals surface area contributed by atoms with E-state index in [2.05, 4.69) is 5.32 Å². The summed E-state index contributed by atoms with van der Waals surface area (Å²) in [6, 6.07) is 15.4. The van der Waals surface area contributed by atoms with Crippen LogP contribution >= 0.6 is 23.2 Å². The molecule has 1 heterocycles. The van der Waals surface area contributed by atoms with Gasteiger partial charge < -0.3 is 15.0 Å². The van der Waals surface area contributed by atoms with E-state index in [4.69, 9.17) is 27.9 Å². The van der Waals surface area contributed by atoms with Crippen molar-refractivity contribution in [3.05, 3.63) is 69.7 Å². The molecule has 1 unspecified atom stereocenters. The Morgan fingerprint density at radius 2 is 1.64 bits per heavy atom. The third-order valence-corrected chi connectivity index (χ3v) is 6.36. The maximum atomic E-state index is 13.1. The largest absolute Gasteiger partial charge is 0.444 e. The van der Waals surface area contributed by atoms with Gasteiger partial charge in [-0.05, 0) is 75.9 Å². The summed E-state index contributed by atoms with van der Waals surface area (Å²) in [6.45, 7) is 8.43. The molecular formula is C26H32Cl2N2O3. The lowest BCUT2D eigenvalue weighted by Crippen LogP contribution is -2.42. The van der Waals surface area contributed by atoms with Crippen LogP contribution in [-0.4, -0.2) is 41.6 Å². The first-order valence-corrected chi connectivity index (χ1v) is 12.1. The smallest absolute Gasteiger partial charge is 0.410 e. The van der Waals surface area contributed by atoms with Gasteiger partial charge in [-0.1, -0.05) is 47.5 Å². The van der Waals surface area contributed by atoms with E-state index < -0.39 is 5.60 Å². The van der Waals surface area contributed by atoms with Crippen molar-refractivity contribution in [3.8, 4) is 0 Å². The zero-order valence-electron chi connectivity index (χ0n) is 19.6. The van der Waals surface area contributed by atoms with Crippen LogP contribution in [0.2, 0.25) is 10.0 Å². The molecule has 0 aromatic heterocycles. The van der Waals surface area contributed by atoms with Crippen LogP contribution in [-0.2, 0) is 16.0 Å². The van der Waals surface area contributed by atoms with Crippen LogP contribution < -0.4 is 5.32 Å². The topological polar surface area (TPSA) is 58.6 Å². The fourth-order valence-corrected chi connectivity index (χ4v) is 4.33. The maximum Gasteiger partial charge on any atom is 0.410 e.